The second-order valence-corrected chi connectivity index (χ2v) is 7.86. The van der Waals surface area contributed by atoms with Gasteiger partial charge in [0.2, 0.25) is 0 Å². The lowest BCUT2D eigenvalue weighted by Gasteiger charge is -2.26. The number of rotatable bonds is 5. The van der Waals surface area contributed by atoms with Crippen LogP contribution in [0.2, 0.25) is 0 Å². The third kappa shape index (κ3) is 6.10. The third-order valence-electron chi connectivity index (χ3n) is 5.85. The number of benzene rings is 2. The Bertz CT molecular complexity index is 866. The summed E-state index contributed by atoms with van der Waals surface area (Å²) in [5, 5.41) is 0. The molecule has 2 N–H and O–H groups in total. The molecule has 1 amide bonds. The Morgan fingerprint density at radius 3 is 2.48 bits per heavy atom. The maximum Gasteiger partial charge on any atom is 0.257 e. The van der Waals surface area contributed by atoms with E-state index in [2.05, 4.69) is 4.90 Å². The van der Waals surface area contributed by atoms with Gasteiger partial charge < -0.3 is 15.4 Å². The molecule has 2 aliphatic rings. The Kier molecular flexibility index (Phi) is 9.56. The first-order chi connectivity index (χ1) is 14.1. The molecule has 4 rings (SSSR count). The Morgan fingerprint density at radius 2 is 1.74 bits per heavy atom. The number of nitrogens with zero attached hydrogens (tertiary/aromatic N) is 2. The summed E-state index contributed by atoms with van der Waals surface area (Å²) in [5.74, 6) is 0.346. The van der Waals surface area contributed by atoms with Gasteiger partial charge in [-0.25, -0.2) is 4.39 Å². The van der Waals surface area contributed by atoms with E-state index in [0.717, 1.165) is 37.9 Å². The monoisotopic (exact) mass is 469 g/mol. The minimum atomic E-state index is -0.506. The van der Waals surface area contributed by atoms with Crippen molar-refractivity contribution in [2.24, 2.45) is 5.73 Å². The van der Waals surface area contributed by atoms with Crippen molar-refractivity contribution in [1.29, 1.82) is 0 Å². The van der Waals surface area contributed by atoms with Gasteiger partial charge in [0.1, 0.15) is 17.3 Å². The maximum absolute atomic E-state index is 14.5. The van der Waals surface area contributed by atoms with Crippen LogP contribution in [0.15, 0.2) is 42.5 Å². The van der Waals surface area contributed by atoms with Gasteiger partial charge in [-0.15, -0.1) is 24.8 Å². The highest BCUT2D eigenvalue weighted by Crippen LogP contribution is 2.27. The Hall–Kier alpha value is -1.86. The van der Waals surface area contributed by atoms with Crippen LogP contribution < -0.4 is 10.5 Å². The van der Waals surface area contributed by atoms with Crippen LogP contribution in [-0.4, -0.2) is 54.5 Å². The smallest absolute Gasteiger partial charge is 0.257 e. The number of carbonyl (C=O) groups excluding carboxylic acids is 1. The first kappa shape index (κ1) is 25.4. The molecule has 2 saturated heterocycles. The summed E-state index contributed by atoms with van der Waals surface area (Å²) in [6, 6.07) is 12.4. The molecule has 2 aromatic carbocycles. The number of hydrogen-bond acceptors (Lipinski definition) is 4. The zero-order chi connectivity index (χ0) is 20.2. The predicted octanol–water partition coefficient (Wildman–Crippen LogP) is 4.27. The van der Waals surface area contributed by atoms with Crippen molar-refractivity contribution in [3.63, 3.8) is 0 Å². The van der Waals surface area contributed by atoms with Crippen LogP contribution in [0.25, 0.3) is 0 Å². The van der Waals surface area contributed by atoms with Gasteiger partial charge in [0.15, 0.2) is 0 Å². The SMILES string of the molecule is Cl.Cl.NCCc1ccc(Oc2ccc(F)c(C(=O)N3CCCN4CCC[C@H]4C3)c2)cc1. The molecule has 8 heteroatoms. The fourth-order valence-electron chi connectivity index (χ4n) is 4.32. The van der Waals surface area contributed by atoms with Crippen molar-refractivity contribution in [1.82, 2.24) is 9.80 Å². The molecule has 31 heavy (non-hydrogen) atoms. The Morgan fingerprint density at radius 1 is 1.03 bits per heavy atom. The number of ether oxygens (including phenoxy) is 1. The van der Waals surface area contributed by atoms with Gasteiger partial charge in [0, 0.05) is 25.7 Å². The van der Waals surface area contributed by atoms with Crippen molar-refractivity contribution >= 4 is 30.7 Å². The molecule has 0 radical (unpaired) electrons. The molecule has 0 bridgehead atoms. The number of nitrogens with two attached hydrogens (primary N) is 1. The molecule has 0 aliphatic carbocycles. The van der Waals surface area contributed by atoms with Gasteiger partial charge in [-0.1, -0.05) is 12.1 Å². The molecule has 2 aromatic rings. The molecule has 2 heterocycles. The molecule has 1 atom stereocenters. The lowest BCUT2D eigenvalue weighted by atomic mass is 10.1. The maximum atomic E-state index is 14.5. The zero-order valence-corrected chi connectivity index (χ0v) is 19.1. The average molecular weight is 470 g/mol. The van der Waals surface area contributed by atoms with Gasteiger partial charge in [-0.2, -0.15) is 0 Å². The first-order valence-corrected chi connectivity index (χ1v) is 10.4. The lowest BCUT2D eigenvalue weighted by Crippen LogP contribution is -2.39. The number of amides is 1. The molecular weight excluding hydrogens is 440 g/mol. The second-order valence-electron chi connectivity index (χ2n) is 7.86. The van der Waals surface area contributed by atoms with Crippen LogP contribution in [0.3, 0.4) is 0 Å². The summed E-state index contributed by atoms with van der Waals surface area (Å²) in [4.78, 5) is 17.3. The van der Waals surface area contributed by atoms with Crippen LogP contribution >= 0.6 is 24.8 Å². The van der Waals surface area contributed by atoms with Crippen LogP contribution in [0.5, 0.6) is 11.5 Å². The van der Waals surface area contributed by atoms with Crippen LogP contribution in [0.1, 0.15) is 35.2 Å². The predicted molar refractivity (Wildman–Crippen MR) is 125 cm³/mol. The molecular formula is C23H30Cl2FN3O2. The highest BCUT2D eigenvalue weighted by atomic mass is 35.5. The normalized spacial score (nSPS) is 18.4. The van der Waals surface area contributed by atoms with Gasteiger partial charge in [-0.05, 0) is 74.7 Å². The quantitative estimate of drug-likeness (QED) is 0.709. The molecule has 2 fully saturated rings. The Labute approximate surface area is 195 Å². The zero-order valence-electron chi connectivity index (χ0n) is 17.5. The summed E-state index contributed by atoms with van der Waals surface area (Å²) < 4.78 is 20.4. The van der Waals surface area contributed by atoms with Crippen molar-refractivity contribution in [3.8, 4) is 11.5 Å². The number of halogens is 3. The van der Waals surface area contributed by atoms with E-state index in [-0.39, 0.29) is 36.3 Å². The van der Waals surface area contributed by atoms with Gasteiger partial charge in [0.25, 0.3) is 5.91 Å². The minimum absolute atomic E-state index is 0. The highest BCUT2D eigenvalue weighted by Gasteiger charge is 2.31. The van der Waals surface area contributed by atoms with E-state index in [1.54, 1.807) is 11.0 Å². The minimum Gasteiger partial charge on any atom is -0.457 e. The van der Waals surface area contributed by atoms with Crippen molar-refractivity contribution in [2.45, 2.75) is 31.7 Å². The van der Waals surface area contributed by atoms with Gasteiger partial charge >= 0.3 is 0 Å². The Balaban J connectivity index is 0.00000171. The average Bonchev–Trinajstić information content (AvgIpc) is 3.07. The molecule has 0 aromatic heterocycles. The molecule has 2 aliphatic heterocycles. The van der Waals surface area contributed by atoms with Crippen molar-refractivity contribution < 1.29 is 13.9 Å². The highest BCUT2D eigenvalue weighted by molar-refractivity contribution is 5.95. The van der Waals surface area contributed by atoms with E-state index in [1.807, 2.05) is 24.3 Å². The summed E-state index contributed by atoms with van der Waals surface area (Å²) in [5.41, 5.74) is 6.79. The van der Waals surface area contributed by atoms with E-state index in [1.165, 1.54) is 18.6 Å². The second kappa shape index (κ2) is 11.7. The fourth-order valence-corrected chi connectivity index (χ4v) is 4.32. The van der Waals surface area contributed by atoms with Crippen LogP contribution in [0, 0.1) is 5.82 Å². The molecule has 5 nitrogen and oxygen atoms in total. The first-order valence-electron chi connectivity index (χ1n) is 10.4. The number of carbonyl (C=O) groups is 1. The fraction of sp³-hybridized carbons (Fsp3) is 0.435. The molecule has 0 saturated carbocycles. The van der Waals surface area contributed by atoms with E-state index in [9.17, 15) is 9.18 Å². The third-order valence-corrected chi connectivity index (χ3v) is 5.85. The standard InChI is InChI=1S/C23H28FN3O2.2ClH/c24-22-9-8-20(29-19-6-4-17(5-7-19)10-11-25)15-21(22)23(28)27-14-2-13-26-12-1-3-18(26)16-27;;/h4-9,15,18H,1-3,10-14,16,25H2;2*1H/t18-;;/m0../s1. The number of hydrogen-bond donors (Lipinski definition) is 1. The summed E-state index contributed by atoms with van der Waals surface area (Å²) in [6.07, 6.45) is 4.02. The molecule has 0 spiro atoms. The van der Waals surface area contributed by atoms with Gasteiger partial charge in [-0.3, -0.25) is 9.69 Å². The van der Waals surface area contributed by atoms with Crippen LogP contribution in [-0.2, 0) is 6.42 Å². The molecule has 170 valence electrons. The van der Waals surface area contributed by atoms with Gasteiger partial charge in [0.05, 0.1) is 5.56 Å². The van der Waals surface area contributed by atoms with E-state index in [4.69, 9.17) is 10.5 Å². The summed E-state index contributed by atoms with van der Waals surface area (Å²) in [6.45, 7) is 4.05. The van der Waals surface area contributed by atoms with E-state index < -0.39 is 5.82 Å². The topological polar surface area (TPSA) is 58.8 Å². The van der Waals surface area contributed by atoms with E-state index >= 15 is 0 Å². The number of fused-ring (bicyclic) bond motifs is 1. The van der Waals surface area contributed by atoms with Crippen LogP contribution in [0.4, 0.5) is 4.39 Å². The molecule has 0 unspecified atom stereocenters. The van der Waals surface area contributed by atoms with E-state index in [0.29, 0.717) is 37.2 Å². The summed E-state index contributed by atoms with van der Waals surface area (Å²) >= 11 is 0. The lowest BCUT2D eigenvalue weighted by molar-refractivity contribution is 0.0738. The van der Waals surface area contributed by atoms with Crippen molar-refractivity contribution in [3.05, 3.63) is 59.4 Å². The summed E-state index contributed by atoms with van der Waals surface area (Å²) in [7, 11) is 0. The van der Waals surface area contributed by atoms with Crippen molar-refractivity contribution in [2.75, 3.05) is 32.7 Å². The largest absolute Gasteiger partial charge is 0.457 e.